The molecule has 2 aliphatic rings. The molecular weight excluding hydrogens is 342 g/mol. The minimum Gasteiger partial charge on any atom is -0.326 e. The van der Waals surface area contributed by atoms with Gasteiger partial charge < -0.3 is 15.5 Å². The Hall–Kier alpha value is -3.15. The van der Waals surface area contributed by atoms with Crippen LogP contribution < -0.4 is 15.5 Å². The van der Waals surface area contributed by atoms with E-state index in [0.717, 1.165) is 31.5 Å². The zero-order valence-corrected chi connectivity index (χ0v) is 14.9. The van der Waals surface area contributed by atoms with Crippen molar-refractivity contribution in [2.75, 3.05) is 22.1 Å². The van der Waals surface area contributed by atoms with Gasteiger partial charge in [-0.15, -0.1) is 0 Å². The Morgan fingerprint density at radius 1 is 0.963 bits per heavy atom. The second kappa shape index (κ2) is 7.23. The monoisotopic (exact) mass is 363 g/mol. The average molecular weight is 363 g/mol. The van der Waals surface area contributed by atoms with Gasteiger partial charge in [0.15, 0.2) is 0 Å². The molecule has 3 amide bonds. The number of nitrogens with zero attached hydrogens (tertiary/aromatic N) is 1. The standard InChI is InChI=1S/C21H21N3O3/c25-19-5-2-12-24(19)18-10-8-15(9-11-18)21(27)23-17-4-1-3-16(13-17)22-20(26)14-6-7-14/h1,3-4,8-11,13-14H,2,5-7,12H2,(H,22,26)(H,23,27). The molecule has 0 bridgehead atoms. The summed E-state index contributed by atoms with van der Waals surface area (Å²) in [5.41, 5.74) is 2.62. The van der Waals surface area contributed by atoms with E-state index in [2.05, 4.69) is 10.6 Å². The maximum Gasteiger partial charge on any atom is 0.255 e. The number of carbonyl (C=O) groups is 3. The lowest BCUT2D eigenvalue weighted by molar-refractivity contribution is -0.118. The van der Waals surface area contributed by atoms with Gasteiger partial charge >= 0.3 is 0 Å². The van der Waals surface area contributed by atoms with E-state index in [1.807, 2.05) is 0 Å². The van der Waals surface area contributed by atoms with Crippen molar-refractivity contribution in [2.24, 2.45) is 5.92 Å². The number of amides is 3. The van der Waals surface area contributed by atoms with Crippen molar-refractivity contribution >= 4 is 34.8 Å². The van der Waals surface area contributed by atoms with Crippen molar-refractivity contribution in [3.8, 4) is 0 Å². The minimum absolute atomic E-state index is 0.0329. The van der Waals surface area contributed by atoms with E-state index >= 15 is 0 Å². The van der Waals surface area contributed by atoms with Gasteiger partial charge in [0.2, 0.25) is 11.8 Å². The van der Waals surface area contributed by atoms with Crippen molar-refractivity contribution in [1.29, 1.82) is 0 Å². The summed E-state index contributed by atoms with van der Waals surface area (Å²) in [6, 6.07) is 14.1. The molecule has 1 aliphatic heterocycles. The largest absolute Gasteiger partial charge is 0.326 e. The molecule has 27 heavy (non-hydrogen) atoms. The van der Waals surface area contributed by atoms with Crippen molar-refractivity contribution in [2.45, 2.75) is 25.7 Å². The zero-order chi connectivity index (χ0) is 18.8. The first-order valence-corrected chi connectivity index (χ1v) is 9.23. The molecule has 2 aromatic rings. The fourth-order valence-corrected chi connectivity index (χ4v) is 3.18. The molecule has 0 spiro atoms. The van der Waals surface area contributed by atoms with Gasteiger partial charge in [0.25, 0.3) is 5.91 Å². The summed E-state index contributed by atoms with van der Waals surface area (Å²) in [5.74, 6) is 0.0482. The maximum atomic E-state index is 12.5. The molecule has 1 aliphatic carbocycles. The molecule has 0 aromatic heterocycles. The van der Waals surface area contributed by atoms with E-state index in [-0.39, 0.29) is 23.6 Å². The van der Waals surface area contributed by atoms with Crippen LogP contribution in [0.3, 0.4) is 0 Å². The van der Waals surface area contributed by atoms with Crippen molar-refractivity contribution in [3.63, 3.8) is 0 Å². The lowest BCUT2D eigenvalue weighted by Crippen LogP contribution is -2.23. The normalized spacial score (nSPS) is 16.3. The Morgan fingerprint density at radius 2 is 1.67 bits per heavy atom. The topological polar surface area (TPSA) is 78.5 Å². The molecule has 2 fully saturated rings. The Kier molecular flexibility index (Phi) is 4.62. The van der Waals surface area contributed by atoms with Gasteiger partial charge in [-0.1, -0.05) is 6.07 Å². The molecule has 6 nitrogen and oxygen atoms in total. The summed E-state index contributed by atoms with van der Waals surface area (Å²) in [4.78, 5) is 37.9. The highest BCUT2D eigenvalue weighted by molar-refractivity contribution is 6.05. The van der Waals surface area contributed by atoms with E-state index in [0.29, 0.717) is 23.4 Å². The van der Waals surface area contributed by atoms with Crippen LogP contribution in [0.15, 0.2) is 48.5 Å². The van der Waals surface area contributed by atoms with Gasteiger partial charge in [-0.3, -0.25) is 14.4 Å². The maximum absolute atomic E-state index is 12.5. The highest BCUT2D eigenvalue weighted by atomic mass is 16.2. The Morgan fingerprint density at radius 3 is 2.30 bits per heavy atom. The summed E-state index contributed by atoms with van der Waals surface area (Å²) in [6.07, 6.45) is 3.34. The predicted molar refractivity (Wildman–Crippen MR) is 104 cm³/mol. The first-order valence-electron chi connectivity index (χ1n) is 9.23. The third-order valence-corrected chi connectivity index (χ3v) is 4.85. The van der Waals surface area contributed by atoms with Crippen molar-refractivity contribution < 1.29 is 14.4 Å². The second-order valence-corrected chi connectivity index (χ2v) is 6.99. The predicted octanol–water partition coefficient (Wildman–Crippen LogP) is 3.41. The zero-order valence-electron chi connectivity index (χ0n) is 14.9. The molecule has 138 valence electrons. The van der Waals surface area contributed by atoms with Gasteiger partial charge in [-0.25, -0.2) is 0 Å². The lowest BCUT2D eigenvalue weighted by atomic mass is 10.1. The third-order valence-electron chi connectivity index (χ3n) is 4.85. The molecule has 1 saturated carbocycles. The number of benzene rings is 2. The average Bonchev–Trinajstić information content (AvgIpc) is 3.44. The molecule has 0 unspecified atom stereocenters. The van der Waals surface area contributed by atoms with Gasteiger partial charge in [-0.05, 0) is 61.7 Å². The van der Waals surface area contributed by atoms with Gasteiger partial charge in [0.1, 0.15) is 0 Å². The number of hydrogen-bond acceptors (Lipinski definition) is 3. The SMILES string of the molecule is O=C(Nc1cccc(NC(=O)C2CC2)c1)c1ccc(N2CCCC2=O)cc1. The van der Waals surface area contributed by atoms with E-state index in [9.17, 15) is 14.4 Å². The second-order valence-electron chi connectivity index (χ2n) is 6.99. The van der Waals surface area contributed by atoms with Crippen LogP contribution in [-0.2, 0) is 9.59 Å². The quantitative estimate of drug-likeness (QED) is 0.854. The van der Waals surface area contributed by atoms with Crippen LogP contribution in [0.4, 0.5) is 17.1 Å². The fourth-order valence-electron chi connectivity index (χ4n) is 3.18. The number of nitrogens with one attached hydrogen (secondary N) is 2. The van der Waals surface area contributed by atoms with E-state index < -0.39 is 0 Å². The smallest absolute Gasteiger partial charge is 0.255 e. The van der Waals surface area contributed by atoms with Crippen LogP contribution in [0.25, 0.3) is 0 Å². The number of hydrogen-bond donors (Lipinski definition) is 2. The summed E-state index contributed by atoms with van der Waals surface area (Å²) >= 11 is 0. The first kappa shape index (κ1) is 17.3. The Bertz CT molecular complexity index is 888. The highest BCUT2D eigenvalue weighted by Crippen LogP contribution is 2.30. The van der Waals surface area contributed by atoms with Crippen LogP contribution in [0.5, 0.6) is 0 Å². The number of carbonyl (C=O) groups excluding carboxylic acids is 3. The van der Waals surface area contributed by atoms with Gasteiger partial charge in [-0.2, -0.15) is 0 Å². The minimum atomic E-state index is -0.236. The molecule has 4 rings (SSSR count). The molecule has 2 N–H and O–H groups in total. The third kappa shape index (κ3) is 4.00. The fraction of sp³-hybridized carbons (Fsp3) is 0.286. The molecule has 1 saturated heterocycles. The van der Waals surface area contributed by atoms with Crippen LogP contribution in [0, 0.1) is 5.92 Å². The molecule has 0 radical (unpaired) electrons. The summed E-state index contributed by atoms with van der Waals surface area (Å²) < 4.78 is 0. The molecular formula is C21H21N3O3. The summed E-state index contributed by atoms with van der Waals surface area (Å²) in [5, 5.41) is 5.72. The number of rotatable bonds is 5. The Balaban J connectivity index is 1.41. The molecule has 0 atom stereocenters. The molecule has 1 heterocycles. The molecule has 2 aromatic carbocycles. The van der Waals surface area contributed by atoms with Crippen molar-refractivity contribution in [1.82, 2.24) is 0 Å². The van der Waals surface area contributed by atoms with E-state index in [4.69, 9.17) is 0 Å². The van der Waals surface area contributed by atoms with Crippen LogP contribution in [0.1, 0.15) is 36.0 Å². The summed E-state index contributed by atoms with van der Waals surface area (Å²) in [7, 11) is 0. The van der Waals surface area contributed by atoms with Crippen LogP contribution in [0.2, 0.25) is 0 Å². The van der Waals surface area contributed by atoms with Crippen molar-refractivity contribution in [3.05, 3.63) is 54.1 Å². The Labute approximate surface area is 157 Å². The van der Waals surface area contributed by atoms with Gasteiger partial charge in [0, 0.05) is 41.5 Å². The summed E-state index contributed by atoms with van der Waals surface area (Å²) in [6.45, 7) is 0.726. The van der Waals surface area contributed by atoms with Crippen LogP contribution in [-0.4, -0.2) is 24.3 Å². The van der Waals surface area contributed by atoms with E-state index in [1.165, 1.54) is 0 Å². The molecule has 6 heteroatoms. The first-order chi connectivity index (χ1) is 13.1. The van der Waals surface area contributed by atoms with E-state index in [1.54, 1.807) is 53.4 Å². The van der Waals surface area contributed by atoms with Crippen LogP contribution >= 0.6 is 0 Å². The number of anilines is 3. The highest BCUT2D eigenvalue weighted by Gasteiger charge is 2.29. The van der Waals surface area contributed by atoms with Gasteiger partial charge in [0.05, 0.1) is 0 Å². The lowest BCUT2D eigenvalue weighted by Gasteiger charge is -2.16.